The van der Waals surface area contributed by atoms with Crippen molar-refractivity contribution in [3.8, 4) is 0 Å². The number of rotatable bonds is 5. The second-order valence-corrected chi connectivity index (χ2v) is 5.14. The lowest BCUT2D eigenvalue weighted by Crippen LogP contribution is -2.35. The van der Waals surface area contributed by atoms with Gasteiger partial charge in [0.25, 0.3) is 0 Å². The van der Waals surface area contributed by atoms with Gasteiger partial charge in [0.05, 0.1) is 5.41 Å². The summed E-state index contributed by atoms with van der Waals surface area (Å²) in [6.07, 6.45) is 8.49. The first-order valence-corrected chi connectivity index (χ1v) is 6.57. The fourth-order valence-corrected chi connectivity index (χ4v) is 2.79. The minimum absolute atomic E-state index is 0.546. The summed E-state index contributed by atoms with van der Waals surface area (Å²) in [5.41, 5.74) is 0.887. The topological polar surface area (TPSA) is 37.3 Å². The molecule has 0 saturated heterocycles. The lowest BCUT2D eigenvalue weighted by atomic mass is 9.68. The molecular formula is C13H21ClO2. The van der Waals surface area contributed by atoms with Crippen molar-refractivity contribution in [1.82, 2.24) is 0 Å². The third-order valence-corrected chi connectivity index (χ3v) is 3.99. The van der Waals surface area contributed by atoms with E-state index in [0.29, 0.717) is 6.42 Å². The Kier molecular flexibility index (Phi) is 5.33. The lowest BCUT2D eigenvalue weighted by molar-refractivity contribution is -0.151. The van der Waals surface area contributed by atoms with E-state index in [2.05, 4.69) is 6.92 Å². The van der Waals surface area contributed by atoms with Gasteiger partial charge in [-0.25, -0.2) is 0 Å². The molecule has 0 unspecified atom stereocenters. The number of halogens is 1. The molecule has 0 radical (unpaired) electrons. The van der Waals surface area contributed by atoms with E-state index in [0.717, 1.165) is 31.6 Å². The highest BCUT2D eigenvalue weighted by Crippen LogP contribution is 2.43. The van der Waals surface area contributed by atoms with Crippen LogP contribution >= 0.6 is 11.6 Å². The molecule has 0 heterocycles. The van der Waals surface area contributed by atoms with Gasteiger partial charge in [0.1, 0.15) is 0 Å². The average molecular weight is 245 g/mol. The molecule has 16 heavy (non-hydrogen) atoms. The maximum Gasteiger partial charge on any atom is 0.309 e. The van der Waals surface area contributed by atoms with Crippen LogP contribution in [0.3, 0.4) is 0 Å². The molecular weight excluding hydrogens is 224 g/mol. The highest BCUT2D eigenvalue weighted by atomic mass is 35.5. The van der Waals surface area contributed by atoms with E-state index in [9.17, 15) is 9.90 Å². The molecule has 2 nitrogen and oxygen atoms in total. The van der Waals surface area contributed by atoms with Crippen LogP contribution in [0.15, 0.2) is 11.6 Å². The molecule has 0 bridgehead atoms. The van der Waals surface area contributed by atoms with E-state index in [1.165, 1.54) is 18.4 Å². The zero-order chi connectivity index (χ0) is 12.0. The molecule has 1 rings (SSSR count). The van der Waals surface area contributed by atoms with E-state index >= 15 is 0 Å². The first-order valence-electron chi connectivity index (χ1n) is 6.13. The largest absolute Gasteiger partial charge is 0.481 e. The molecule has 1 fully saturated rings. The fraction of sp³-hybridized carbons (Fsp3) is 0.769. The first-order chi connectivity index (χ1) is 7.64. The van der Waals surface area contributed by atoms with Crippen molar-refractivity contribution >= 4 is 17.6 Å². The van der Waals surface area contributed by atoms with Crippen molar-refractivity contribution in [1.29, 1.82) is 0 Å². The minimum Gasteiger partial charge on any atom is -0.481 e. The van der Waals surface area contributed by atoms with Gasteiger partial charge in [-0.15, -0.1) is 0 Å². The van der Waals surface area contributed by atoms with Crippen molar-refractivity contribution in [2.75, 3.05) is 0 Å². The third kappa shape index (κ3) is 3.24. The molecule has 1 aliphatic rings. The van der Waals surface area contributed by atoms with Gasteiger partial charge in [0, 0.05) is 5.54 Å². The fourth-order valence-electron chi connectivity index (χ4n) is 2.70. The molecule has 0 aliphatic heterocycles. The van der Waals surface area contributed by atoms with E-state index < -0.39 is 11.4 Å². The van der Waals surface area contributed by atoms with Crippen molar-refractivity contribution in [2.45, 2.75) is 51.9 Å². The number of carboxylic acid groups (broad SMARTS) is 1. The lowest BCUT2D eigenvalue weighted by Gasteiger charge is -2.36. The summed E-state index contributed by atoms with van der Waals surface area (Å²) in [7, 11) is 0. The first kappa shape index (κ1) is 13.6. The number of aliphatic carboxylic acids is 1. The monoisotopic (exact) mass is 244 g/mol. The number of carbonyl (C=O) groups is 1. The predicted molar refractivity (Wildman–Crippen MR) is 66.5 cm³/mol. The Morgan fingerprint density at radius 1 is 1.50 bits per heavy atom. The highest BCUT2D eigenvalue weighted by molar-refractivity contribution is 6.25. The molecule has 0 aromatic rings. The summed E-state index contributed by atoms with van der Waals surface area (Å²) in [6, 6.07) is 0. The van der Waals surface area contributed by atoms with Gasteiger partial charge in [0.15, 0.2) is 0 Å². The van der Waals surface area contributed by atoms with Crippen LogP contribution in [-0.2, 0) is 4.79 Å². The van der Waals surface area contributed by atoms with Gasteiger partial charge in [-0.05, 0) is 38.0 Å². The molecule has 1 aliphatic carbocycles. The minimum atomic E-state index is -0.655. The molecule has 0 amide bonds. The van der Waals surface area contributed by atoms with E-state index in [1.54, 1.807) is 6.08 Å². The third-order valence-electron chi connectivity index (χ3n) is 3.81. The highest BCUT2D eigenvalue weighted by Gasteiger charge is 2.40. The van der Waals surface area contributed by atoms with E-state index in [1.807, 2.05) is 0 Å². The summed E-state index contributed by atoms with van der Waals surface area (Å²) in [6.45, 7) is 2.19. The Labute approximate surface area is 103 Å². The van der Waals surface area contributed by atoms with E-state index in [4.69, 9.17) is 11.6 Å². The zero-order valence-corrected chi connectivity index (χ0v) is 10.7. The quantitative estimate of drug-likeness (QED) is 0.787. The van der Waals surface area contributed by atoms with Gasteiger partial charge in [-0.1, -0.05) is 37.4 Å². The summed E-state index contributed by atoms with van der Waals surface area (Å²) < 4.78 is 0. The average Bonchev–Trinajstić information content (AvgIpc) is 2.28. The Morgan fingerprint density at radius 2 is 2.12 bits per heavy atom. The smallest absolute Gasteiger partial charge is 0.309 e. The Hall–Kier alpha value is -0.500. The van der Waals surface area contributed by atoms with Crippen molar-refractivity contribution in [3.63, 3.8) is 0 Å². The SMILES string of the molecule is CCCC1CCC(C/C=C/Cl)(C(=O)O)CC1. The summed E-state index contributed by atoms with van der Waals surface area (Å²) >= 11 is 5.49. The van der Waals surface area contributed by atoms with Crippen LogP contribution in [0.1, 0.15) is 51.9 Å². The van der Waals surface area contributed by atoms with Crippen molar-refractivity contribution in [2.24, 2.45) is 11.3 Å². The molecule has 1 N–H and O–H groups in total. The second kappa shape index (κ2) is 6.29. The number of carboxylic acids is 1. The maximum atomic E-state index is 11.4. The Balaban J connectivity index is 2.59. The molecule has 0 atom stereocenters. The number of allylic oxidation sites excluding steroid dienone is 1. The van der Waals surface area contributed by atoms with Crippen LogP contribution in [0.25, 0.3) is 0 Å². The molecule has 0 aromatic heterocycles. The second-order valence-electron chi connectivity index (χ2n) is 4.88. The van der Waals surface area contributed by atoms with Crippen LogP contribution in [0, 0.1) is 11.3 Å². The standard InChI is InChI=1S/C13H21ClO2/c1-2-4-11-5-8-13(9-6-11,12(15)16)7-3-10-14/h3,10-11H,2,4-9H2,1H3,(H,15,16)/b10-3+. The van der Waals surface area contributed by atoms with Crippen LogP contribution < -0.4 is 0 Å². The van der Waals surface area contributed by atoms with Gasteiger partial charge in [0.2, 0.25) is 0 Å². The zero-order valence-electron chi connectivity index (χ0n) is 9.92. The molecule has 0 spiro atoms. The summed E-state index contributed by atoms with van der Waals surface area (Å²) in [4.78, 5) is 11.4. The molecule has 92 valence electrons. The van der Waals surface area contributed by atoms with Crippen LogP contribution in [0.2, 0.25) is 0 Å². The summed E-state index contributed by atoms with van der Waals surface area (Å²) in [5.74, 6) is 0.0784. The molecule has 1 saturated carbocycles. The maximum absolute atomic E-state index is 11.4. The van der Waals surface area contributed by atoms with Crippen LogP contribution in [0.5, 0.6) is 0 Å². The van der Waals surface area contributed by atoms with E-state index in [-0.39, 0.29) is 0 Å². The summed E-state index contributed by atoms with van der Waals surface area (Å²) in [5, 5.41) is 9.35. The number of hydrogen-bond acceptors (Lipinski definition) is 1. The van der Waals surface area contributed by atoms with Crippen molar-refractivity contribution < 1.29 is 9.90 Å². The van der Waals surface area contributed by atoms with Crippen LogP contribution in [-0.4, -0.2) is 11.1 Å². The van der Waals surface area contributed by atoms with Gasteiger partial charge in [-0.2, -0.15) is 0 Å². The van der Waals surface area contributed by atoms with Gasteiger partial charge < -0.3 is 5.11 Å². The van der Waals surface area contributed by atoms with Crippen LogP contribution in [0.4, 0.5) is 0 Å². The molecule has 3 heteroatoms. The predicted octanol–water partition coefficient (Wildman–Crippen LogP) is 4.19. The van der Waals surface area contributed by atoms with Gasteiger partial charge >= 0.3 is 5.97 Å². The molecule has 0 aromatic carbocycles. The van der Waals surface area contributed by atoms with Gasteiger partial charge in [-0.3, -0.25) is 4.79 Å². The van der Waals surface area contributed by atoms with Crippen molar-refractivity contribution in [3.05, 3.63) is 11.6 Å². The Bertz CT molecular complexity index is 253. The normalized spacial score (nSPS) is 30.8. The number of hydrogen-bond donors (Lipinski definition) is 1. The Morgan fingerprint density at radius 3 is 2.56 bits per heavy atom.